The molecule has 1 rings (SSSR count). The molecule has 2 amide bonds. The molecule has 0 spiro atoms. The number of nitrogens with two attached hydrogens (primary N) is 2. The van der Waals surface area contributed by atoms with Gasteiger partial charge in [-0.25, -0.2) is 0 Å². The van der Waals surface area contributed by atoms with Crippen LogP contribution in [0.2, 0.25) is 0 Å². The third kappa shape index (κ3) is 1.98. The molecule has 0 aliphatic carbocycles. The zero-order valence-corrected chi connectivity index (χ0v) is 7.45. The zero-order chi connectivity index (χ0) is 10.0. The maximum absolute atomic E-state index is 11.0. The molecule has 2 atom stereocenters. The molecule has 4 N–H and O–H groups in total. The number of rotatable bonds is 2. The van der Waals surface area contributed by atoms with Crippen molar-refractivity contribution in [1.82, 2.24) is 0 Å². The van der Waals surface area contributed by atoms with E-state index in [0.717, 1.165) is 0 Å². The minimum absolute atomic E-state index is 0.353. The lowest BCUT2D eigenvalue weighted by atomic mass is 9.83. The van der Waals surface area contributed by atoms with Crippen molar-refractivity contribution in [2.75, 3.05) is 6.61 Å². The highest BCUT2D eigenvalue weighted by Crippen LogP contribution is 2.28. The SMILES string of the molecule is CC1OCC[C](C(N)=O)C1C(N)=O. The lowest BCUT2D eigenvalue weighted by Crippen LogP contribution is -2.46. The topological polar surface area (TPSA) is 95.4 Å². The first-order valence-corrected chi connectivity index (χ1v) is 4.10. The first kappa shape index (κ1) is 9.98. The van der Waals surface area contributed by atoms with Crippen LogP contribution in [0.15, 0.2) is 0 Å². The third-order valence-electron chi connectivity index (χ3n) is 2.22. The Kier molecular flexibility index (Phi) is 2.87. The Bertz CT molecular complexity index is 229. The van der Waals surface area contributed by atoms with E-state index in [-0.39, 0.29) is 6.10 Å². The van der Waals surface area contributed by atoms with E-state index in [9.17, 15) is 9.59 Å². The molecule has 13 heavy (non-hydrogen) atoms. The van der Waals surface area contributed by atoms with Gasteiger partial charge in [0.25, 0.3) is 0 Å². The monoisotopic (exact) mass is 185 g/mol. The van der Waals surface area contributed by atoms with Gasteiger partial charge in [-0.1, -0.05) is 0 Å². The summed E-state index contributed by atoms with van der Waals surface area (Å²) >= 11 is 0. The summed E-state index contributed by atoms with van der Waals surface area (Å²) in [4.78, 5) is 21.9. The van der Waals surface area contributed by atoms with Crippen LogP contribution in [0.25, 0.3) is 0 Å². The normalized spacial score (nSPS) is 29.9. The second-order valence-electron chi connectivity index (χ2n) is 3.10. The van der Waals surface area contributed by atoms with Crippen LogP contribution in [0.4, 0.5) is 0 Å². The fraction of sp³-hybridized carbons (Fsp3) is 0.625. The number of hydrogen-bond donors (Lipinski definition) is 2. The molecule has 5 heteroatoms. The molecular formula is C8H13N2O3. The van der Waals surface area contributed by atoms with Crippen LogP contribution >= 0.6 is 0 Å². The number of hydrogen-bond acceptors (Lipinski definition) is 3. The molecule has 0 aromatic rings. The van der Waals surface area contributed by atoms with E-state index in [0.29, 0.717) is 18.9 Å². The van der Waals surface area contributed by atoms with Gasteiger partial charge >= 0.3 is 0 Å². The predicted molar refractivity (Wildman–Crippen MR) is 45.2 cm³/mol. The first-order valence-electron chi connectivity index (χ1n) is 4.10. The zero-order valence-electron chi connectivity index (χ0n) is 7.45. The first-order chi connectivity index (χ1) is 6.04. The molecule has 1 aliphatic rings. The second kappa shape index (κ2) is 3.74. The van der Waals surface area contributed by atoms with Crippen LogP contribution in [-0.4, -0.2) is 24.5 Å². The fourth-order valence-electron chi connectivity index (χ4n) is 1.57. The predicted octanol–water partition coefficient (Wildman–Crippen LogP) is -1.04. The largest absolute Gasteiger partial charge is 0.378 e. The van der Waals surface area contributed by atoms with Gasteiger partial charge in [0, 0.05) is 6.61 Å². The summed E-state index contributed by atoms with van der Waals surface area (Å²) in [6.45, 7) is 2.13. The van der Waals surface area contributed by atoms with E-state index >= 15 is 0 Å². The highest BCUT2D eigenvalue weighted by molar-refractivity contribution is 5.96. The molecule has 73 valence electrons. The summed E-state index contributed by atoms with van der Waals surface area (Å²) in [6.07, 6.45) is 0.0431. The number of carbonyl (C=O) groups excluding carboxylic acids is 2. The molecule has 0 bridgehead atoms. The van der Waals surface area contributed by atoms with Gasteiger partial charge in [-0.3, -0.25) is 9.59 Å². The van der Waals surface area contributed by atoms with E-state index in [1.807, 2.05) is 0 Å². The van der Waals surface area contributed by atoms with Crippen molar-refractivity contribution in [2.24, 2.45) is 17.4 Å². The molecule has 1 heterocycles. The van der Waals surface area contributed by atoms with Gasteiger partial charge in [0.15, 0.2) is 0 Å². The molecule has 1 radical (unpaired) electrons. The molecule has 0 saturated carbocycles. The standard InChI is InChI=1S/C8H13N2O3/c1-4-6(8(10)12)5(7(9)11)2-3-13-4/h4,6H,2-3H2,1H3,(H2,9,11)(H2,10,12). The summed E-state index contributed by atoms with van der Waals surface area (Å²) in [6, 6.07) is 0. The summed E-state index contributed by atoms with van der Waals surface area (Å²) in [5, 5.41) is 0. The van der Waals surface area contributed by atoms with Crippen molar-refractivity contribution in [1.29, 1.82) is 0 Å². The lowest BCUT2D eigenvalue weighted by Gasteiger charge is -2.31. The highest BCUT2D eigenvalue weighted by atomic mass is 16.5. The van der Waals surface area contributed by atoms with Crippen molar-refractivity contribution in [3.8, 4) is 0 Å². The summed E-state index contributed by atoms with van der Waals surface area (Å²) in [5.74, 6) is -1.39. The van der Waals surface area contributed by atoms with E-state index in [1.54, 1.807) is 6.92 Å². The Hall–Kier alpha value is -1.10. The molecule has 2 unspecified atom stereocenters. The van der Waals surface area contributed by atoms with Crippen molar-refractivity contribution < 1.29 is 14.3 Å². The van der Waals surface area contributed by atoms with Crippen LogP contribution in [0.5, 0.6) is 0 Å². The van der Waals surface area contributed by atoms with Crippen LogP contribution in [0.3, 0.4) is 0 Å². The summed E-state index contributed by atoms with van der Waals surface area (Å²) in [5.41, 5.74) is 10.3. The quantitative estimate of drug-likeness (QED) is 0.575. The van der Waals surface area contributed by atoms with Gasteiger partial charge < -0.3 is 16.2 Å². The third-order valence-corrected chi connectivity index (χ3v) is 2.22. The summed E-state index contributed by atoms with van der Waals surface area (Å²) in [7, 11) is 0. The maximum Gasteiger partial charge on any atom is 0.225 e. The highest BCUT2D eigenvalue weighted by Gasteiger charge is 2.39. The Labute approximate surface area is 76.4 Å². The van der Waals surface area contributed by atoms with E-state index < -0.39 is 17.7 Å². The number of ether oxygens (including phenoxy) is 1. The van der Waals surface area contributed by atoms with Gasteiger partial charge in [0.2, 0.25) is 11.8 Å². The van der Waals surface area contributed by atoms with Gasteiger partial charge in [-0.2, -0.15) is 0 Å². The molecule has 1 aliphatic heterocycles. The average molecular weight is 185 g/mol. The number of amides is 2. The Balaban J connectivity index is 2.80. The second-order valence-corrected chi connectivity index (χ2v) is 3.10. The van der Waals surface area contributed by atoms with E-state index in [1.165, 1.54) is 0 Å². The molecule has 1 saturated heterocycles. The Morgan fingerprint density at radius 3 is 2.46 bits per heavy atom. The van der Waals surface area contributed by atoms with Crippen molar-refractivity contribution in [3.05, 3.63) is 5.92 Å². The minimum Gasteiger partial charge on any atom is -0.378 e. The van der Waals surface area contributed by atoms with Gasteiger partial charge in [-0.05, 0) is 13.3 Å². The number of primary amides is 2. The minimum atomic E-state index is -0.661. The molecular weight excluding hydrogens is 172 g/mol. The van der Waals surface area contributed by atoms with Crippen LogP contribution in [0.1, 0.15) is 13.3 Å². The lowest BCUT2D eigenvalue weighted by molar-refractivity contribution is -0.133. The van der Waals surface area contributed by atoms with E-state index in [2.05, 4.69) is 0 Å². The molecule has 5 nitrogen and oxygen atoms in total. The fourth-order valence-corrected chi connectivity index (χ4v) is 1.57. The van der Waals surface area contributed by atoms with E-state index in [4.69, 9.17) is 16.2 Å². The Morgan fingerprint density at radius 2 is 2.08 bits per heavy atom. The van der Waals surface area contributed by atoms with Crippen molar-refractivity contribution in [2.45, 2.75) is 19.4 Å². The number of carbonyl (C=O) groups is 2. The van der Waals surface area contributed by atoms with Crippen LogP contribution in [0, 0.1) is 11.8 Å². The van der Waals surface area contributed by atoms with Crippen LogP contribution < -0.4 is 11.5 Å². The van der Waals surface area contributed by atoms with Gasteiger partial charge in [0.05, 0.1) is 17.9 Å². The molecule has 0 aromatic heterocycles. The van der Waals surface area contributed by atoms with Crippen molar-refractivity contribution in [3.63, 3.8) is 0 Å². The Morgan fingerprint density at radius 1 is 1.46 bits per heavy atom. The summed E-state index contributed by atoms with van der Waals surface area (Å²) < 4.78 is 5.20. The van der Waals surface area contributed by atoms with Gasteiger partial charge in [-0.15, -0.1) is 0 Å². The van der Waals surface area contributed by atoms with Gasteiger partial charge in [0.1, 0.15) is 0 Å². The smallest absolute Gasteiger partial charge is 0.225 e. The van der Waals surface area contributed by atoms with Crippen LogP contribution in [-0.2, 0) is 14.3 Å². The average Bonchev–Trinajstić information content (AvgIpc) is 2.02. The maximum atomic E-state index is 11.0. The molecule has 1 fully saturated rings. The molecule has 0 aromatic carbocycles. The van der Waals surface area contributed by atoms with Crippen molar-refractivity contribution >= 4 is 11.8 Å².